The van der Waals surface area contributed by atoms with E-state index in [0.29, 0.717) is 6.04 Å². The molecule has 1 rings (SSSR count). The molecule has 0 heterocycles. The van der Waals surface area contributed by atoms with Gasteiger partial charge < -0.3 is 5.32 Å². The maximum atomic E-state index is 6.30. The third kappa shape index (κ3) is 3.80. The Morgan fingerprint density at radius 1 is 1.31 bits per heavy atom. The van der Waals surface area contributed by atoms with Crippen LogP contribution in [-0.2, 0) is 0 Å². The summed E-state index contributed by atoms with van der Waals surface area (Å²) >= 11 is 6.30. The fraction of sp³-hybridized carbons (Fsp3) is 0.571. The van der Waals surface area contributed by atoms with Crippen LogP contribution in [0.2, 0.25) is 5.02 Å². The minimum atomic E-state index is 0.401. The summed E-state index contributed by atoms with van der Waals surface area (Å²) < 4.78 is 0. The Hall–Kier alpha value is -0.530. The molecule has 0 aliphatic carbocycles. The SMILES string of the molecule is CCCCC(NCC)c1ccc(C)cc1Cl. The third-order valence-corrected chi connectivity index (χ3v) is 3.16. The van der Waals surface area contributed by atoms with Crippen LogP contribution in [0.3, 0.4) is 0 Å². The van der Waals surface area contributed by atoms with Crippen LogP contribution in [-0.4, -0.2) is 6.54 Å². The van der Waals surface area contributed by atoms with Crippen molar-refractivity contribution in [2.75, 3.05) is 6.54 Å². The van der Waals surface area contributed by atoms with Gasteiger partial charge in [0.2, 0.25) is 0 Å². The van der Waals surface area contributed by atoms with Crippen molar-refractivity contribution < 1.29 is 0 Å². The Bertz CT molecular complexity index is 323. The van der Waals surface area contributed by atoms with Gasteiger partial charge in [-0.3, -0.25) is 0 Å². The molecular formula is C14H22ClN. The molecule has 0 aromatic heterocycles. The smallest absolute Gasteiger partial charge is 0.0456 e. The largest absolute Gasteiger partial charge is 0.310 e. The van der Waals surface area contributed by atoms with Crippen LogP contribution >= 0.6 is 11.6 Å². The number of unbranched alkanes of at least 4 members (excludes halogenated alkanes) is 1. The summed E-state index contributed by atoms with van der Waals surface area (Å²) in [6.45, 7) is 7.42. The van der Waals surface area contributed by atoms with Gasteiger partial charge in [-0.05, 0) is 37.1 Å². The molecule has 1 aromatic carbocycles. The number of aryl methyl sites for hydroxylation is 1. The minimum absolute atomic E-state index is 0.401. The van der Waals surface area contributed by atoms with Gasteiger partial charge in [0.05, 0.1) is 0 Å². The monoisotopic (exact) mass is 239 g/mol. The number of hydrogen-bond acceptors (Lipinski definition) is 1. The van der Waals surface area contributed by atoms with Crippen LogP contribution < -0.4 is 5.32 Å². The van der Waals surface area contributed by atoms with Crippen molar-refractivity contribution in [2.45, 2.75) is 46.1 Å². The van der Waals surface area contributed by atoms with Crippen molar-refractivity contribution in [1.82, 2.24) is 5.32 Å². The van der Waals surface area contributed by atoms with Crippen molar-refractivity contribution in [3.63, 3.8) is 0 Å². The summed E-state index contributed by atoms with van der Waals surface area (Å²) in [6.07, 6.45) is 3.63. The fourth-order valence-corrected chi connectivity index (χ4v) is 2.30. The molecule has 1 N–H and O–H groups in total. The summed E-state index contributed by atoms with van der Waals surface area (Å²) in [5.41, 5.74) is 2.46. The minimum Gasteiger partial charge on any atom is -0.310 e. The Balaban J connectivity index is 2.82. The van der Waals surface area contributed by atoms with Gasteiger partial charge in [-0.2, -0.15) is 0 Å². The summed E-state index contributed by atoms with van der Waals surface area (Å²) in [4.78, 5) is 0. The van der Waals surface area contributed by atoms with Gasteiger partial charge in [-0.25, -0.2) is 0 Å². The Kier molecular flexibility index (Phi) is 5.86. The molecule has 90 valence electrons. The lowest BCUT2D eigenvalue weighted by Crippen LogP contribution is -2.21. The summed E-state index contributed by atoms with van der Waals surface area (Å²) in [7, 11) is 0. The fourth-order valence-electron chi connectivity index (χ4n) is 1.94. The zero-order valence-electron chi connectivity index (χ0n) is 10.5. The highest BCUT2D eigenvalue weighted by molar-refractivity contribution is 6.31. The molecular weight excluding hydrogens is 218 g/mol. The molecule has 1 unspecified atom stereocenters. The lowest BCUT2D eigenvalue weighted by molar-refractivity contribution is 0.495. The van der Waals surface area contributed by atoms with Crippen LogP contribution in [0.25, 0.3) is 0 Å². The van der Waals surface area contributed by atoms with E-state index in [1.807, 2.05) is 6.07 Å². The van der Waals surface area contributed by atoms with E-state index in [-0.39, 0.29) is 0 Å². The highest BCUT2D eigenvalue weighted by Gasteiger charge is 2.12. The Morgan fingerprint density at radius 2 is 2.06 bits per heavy atom. The van der Waals surface area contributed by atoms with Crippen LogP contribution in [0.5, 0.6) is 0 Å². The lowest BCUT2D eigenvalue weighted by Gasteiger charge is -2.19. The maximum Gasteiger partial charge on any atom is 0.0456 e. The van der Waals surface area contributed by atoms with Crippen molar-refractivity contribution in [2.24, 2.45) is 0 Å². The first-order chi connectivity index (χ1) is 7.69. The number of hydrogen-bond donors (Lipinski definition) is 1. The molecule has 16 heavy (non-hydrogen) atoms. The maximum absolute atomic E-state index is 6.30. The van der Waals surface area contributed by atoms with E-state index in [1.165, 1.54) is 24.0 Å². The zero-order valence-corrected chi connectivity index (χ0v) is 11.3. The second-order valence-corrected chi connectivity index (χ2v) is 4.68. The molecule has 1 aromatic rings. The van der Waals surface area contributed by atoms with E-state index in [2.05, 4.69) is 38.2 Å². The van der Waals surface area contributed by atoms with Gasteiger partial charge >= 0.3 is 0 Å². The second-order valence-electron chi connectivity index (χ2n) is 4.28. The molecule has 0 saturated carbocycles. The van der Waals surface area contributed by atoms with Crippen LogP contribution in [0.4, 0.5) is 0 Å². The number of nitrogens with one attached hydrogen (secondary N) is 1. The number of halogens is 1. The average molecular weight is 240 g/mol. The molecule has 2 heteroatoms. The Labute approximate surface area is 104 Å². The van der Waals surface area contributed by atoms with E-state index in [1.54, 1.807) is 0 Å². The van der Waals surface area contributed by atoms with Gasteiger partial charge in [-0.1, -0.05) is 50.4 Å². The quantitative estimate of drug-likeness (QED) is 0.771. The molecule has 0 bridgehead atoms. The van der Waals surface area contributed by atoms with Gasteiger partial charge in [0.25, 0.3) is 0 Å². The predicted molar refractivity (Wildman–Crippen MR) is 72.1 cm³/mol. The van der Waals surface area contributed by atoms with Gasteiger partial charge in [0.15, 0.2) is 0 Å². The molecule has 0 aliphatic heterocycles. The van der Waals surface area contributed by atoms with Crippen molar-refractivity contribution in [3.05, 3.63) is 34.3 Å². The van der Waals surface area contributed by atoms with Crippen LogP contribution in [0.1, 0.15) is 50.3 Å². The highest BCUT2D eigenvalue weighted by Crippen LogP contribution is 2.27. The molecule has 0 fully saturated rings. The lowest BCUT2D eigenvalue weighted by atomic mass is 10.00. The topological polar surface area (TPSA) is 12.0 Å². The number of benzene rings is 1. The molecule has 1 nitrogen and oxygen atoms in total. The predicted octanol–water partition coefficient (Wildman–Crippen LogP) is 4.49. The first kappa shape index (κ1) is 13.5. The molecule has 0 saturated heterocycles. The van der Waals surface area contributed by atoms with Crippen molar-refractivity contribution in [1.29, 1.82) is 0 Å². The summed E-state index contributed by atoms with van der Waals surface area (Å²) in [5.74, 6) is 0. The zero-order chi connectivity index (χ0) is 12.0. The van der Waals surface area contributed by atoms with E-state index in [4.69, 9.17) is 11.6 Å². The molecule has 0 radical (unpaired) electrons. The van der Waals surface area contributed by atoms with Crippen LogP contribution in [0, 0.1) is 6.92 Å². The first-order valence-corrected chi connectivity index (χ1v) is 6.56. The van der Waals surface area contributed by atoms with E-state index < -0.39 is 0 Å². The van der Waals surface area contributed by atoms with E-state index in [0.717, 1.165) is 18.0 Å². The molecule has 1 atom stereocenters. The van der Waals surface area contributed by atoms with E-state index in [9.17, 15) is 0 Å². The van der Waals surface area contributed by atoms with Crippen molar-refractivity contribution in [3.8, 4) is 0 Å². The second kappa shape index (κ2) is 6.93. The number of rotatable bonds is 6. The van der Waals surface area contributed by atoms with Gasteiger partial charge in [0.1, 0.15) is 0 Å². The third-order valence-electron chi connectivity index (χ3n) is 2.83. The normalized spacial score (nSPS) is 12.8. The summed E-state index contributed by atoms with van der Waals surface area (Å²) in [5, 5.41) is 4.40. The average Bonchev–Trinajstić information content (AvgIpc) is 2.25. The van der Waals surface area contributed by atoms with Crippen molar-refractivity contribution >= 4 is 11.6 Å². The van der Waals surface area contributed by atoms with Gasteiger partial charge in [0, 0.05) is 11.1 Å². The molecule has 0 spiro atoms. The Morgan fingerprint density at radius 3 is 2.62 bits per heavy atom. The van der Waals surface area contributed by atoms with E-state index >= 15 is 0 Å². The van der Waals surface area contributed by atoms with Crippen LogP contribution in [0.15, 0.2) is 18.2 Å². The summed E-state index contributed by atoms with van der Waals surface area (Å²) in [6, 6.07) is 6.74. The van der Waals surface area contributed by atoms with Gasteiger partial charge in [-0.15, -0.1) is 0 Å². The standard InChI is InChI=1S/C14H22ClN/c1-4-6-7-14(16-5-2)12-9-8-11(3)10-13(12)15/h8-10,14,16H,4-7H2,1-3H3. The highest BCUT2D eigenvalue weighted by atomic mass is 35.5. The molecule has 0 amide bonds. The molecule has 0 aliphatic rings. The first-order valence-electron chi connectivity index (χ1n) is 6.18.